The number of carbonyl (C=O) groups excluding carboxylic acids is 1. The van der Waals surface area contributed by atoms with Gasteiger partial charge in [0, 0.05) is 13.6 Å². The number of carbonyl (C=O) groups is 1. The Morgan fingerprint density at radius 3 is 2.19 bits per heavy atom. The second-order valence-electron chi connectivity index (χ2n) is 6.77. The molecule has 0 aliphatic rings. The number of rotatable bonds is 11. The SMILES string of the molecule is CCCCCCCCNCCCN(C)C(=O)OC(C)(C)C. The monoisotopic (exact) mass is 300 g/mol. The lowest BCUT2D eigenvalue weighted by molar-refractivity contribution is 0.0297. The van der Waals surface area contributed by atoms with Gasteiger partial charge >= 0.3 is 6.09 Å². The Kier molecular flexibility index (Phi) is 11.4. The van der Waals surface area contributed by atoms with Crippen molar-refractivity contribution in [3.8, 4) is 0 Å². The highest BCUT2D eigenvalue weighted by Gasteiger charge is 2.18. The average molecular weight is 300 g/mol. The van der Waals surface area contributed by atoms with Crippen LogP contribution in [0.3, 0.4) is 0 Å². The summed E-state index contributed by atoms with van der Waals surface area (Å²) in [5, 5.41) is 3.44. The summed E-state index contributed by atoms with van der Waals surface area (Å²) in [6.07, 6.45) is 8.71. The van der Waals surface area contributed by atoms with Crippen LogP contribution < -0.4 is 5.32 Å². The van der Waals surface area contributed by atoms with Crippen LogP contribution >= 0.6 is 0 Å². The standard InChI is InChI=1S/C17H36N2O2/c1-6-7-8-9-10-11-13-18-14-12-15-19(5)16(20)21-17(2,3)4/h18H,6-15H2,1-5H3. The smallest absolute Gasteiger partial charge is 0.410 e. The average Bonchev–Trinajstić information content (AvgIpc) is 2.38. The van der Waals surface area contributed by atoms with Crippen molar-refractivity contribution in [1.82, 2.24) is 10.2 Å². The molecule has 0 aromatic heterocycles. The van der Waals surface area contributed by atoms with Gasteiger partial charge in [0.25, 0.3) is 0 Å². The Labute approximate surface area is 131 Å². The minimum absolute atomic E-state index is 0.238. The molecule has 0 atom stereocenters. The second-order valence-corrected chi connectivity index (χ2v) is 6.77. The molecule has 0 bridgehead atoms. The molecular weight excluding hydrogens is 264 g/mol. The summed E-state index contributed by atoms with van der Waals surface area (Å²) >= 11 is 0. The zero-order valence-corrected chi connectivity index (χ0v) is 14.8. The summed E-state index contributed by atoms with van der Waals surface area (Å²) in [5.41, 5.74) is -0.415. The maximum atomic E-state index is 11.7. The number of ether oxygens (including phenoxy) is 1. The molecule has 0 saturated carbocycles. The zero-order chi connectivity index (χ0) is 16.1. The van der Waals surface area contributed by atoms with Crippen LogP contribution in [0.2, 0.25) is 0 Å². The van der Waals surface area contributed by atoms with E-state index in [4.69, 9.17) is 4.74 Å². The van der Waals surface area contributed by atoms with Crippen molar-refractivity contribution in [3.05, 3.63) is 0 Å². The fraction of sp³-hybridized carbons (Fsp3) is 0.941. The van der Waals surface area contributed by atoms with Crippen molar-refractivity contribution in [1.29, 1.82) is 0 Å². The van der Waals surface area contributed by atoms with Crippen LogP contribution in [0.25, 0.3) is 0 Å². The number of nitrogens with zero attached hydrogens (tertiary/aromatic N) is 1. The maximum absolute atomic E-state index is 11.7. The molecule has 0 aromatic carbocycles. The van der Waals surface area contributed by atoms with Crippen LogP contribution in [0.4, 0.5) is 4.79 Å². The minimum atomic E-state index is -0.415. The summed E-state index contributed by atoms with van der Waals surface area (Å²) in [6.45, 7) is 10.7. The van der Waals surface area contributed by atoms with Gasteiger partial charge in [0.1, 0.15) is 5.60 Å². The van der Waals surface area contributed by atoms with E-state index >= 15 is 0 Å². The molecule has 0 heterocycles. The third kappa shape index (κ3) is 13.9. The van der Waals surface area contributed by atoms with E-state index in [0.717, 1.165) is 26.1 Å². The molecule has 1 amide bonds. The van der Waals surface area contributed by atoms with E-state index in [2.05, 4.69) is 12.2 Å². The van der Waals surface area contributed by atoms with Gasteiger partial charge in [-0.25, -0.2) is 4.79 Å². The summed E-state index contributed by atoms with van der Waals surface area (Å²) in [7, 11) is 1.79. The predicted molar refractivity (Wildman–Crippen MR) is 89.7 cm³/mol. The van der Waals surface area contributed by atoms with Gasteiger partial charge in [-0.05, 0) is 46.7 Å². The van der Waals surface area contributed by atoms with Crippen LogP contribution in [0.15, 0.2) is 0 Å². The molecule has 0 aromatic rings. The van der Waals surface area contributed by atoms with Crippen LogP contribution in [-0.2, 0) is 4.74 Å². The third-order valence-corrected chi connectivity index (χ3v) is 3.26. The van der Waals surface area contributed by atoms with Crippen molar-refractivity contribution in [2.24, 2.45) is 0 Å². The Bertz CT molecular complexity index is 262. The topological polar surface area (TPSA) is 41.6 Å². The highest BCUT2D eigenvalue weighted by atomic mass is 16.6. The van der Waals surface area contributed by atoms with Crippen molar-refractivity contribution < 1.29 is 9.53 Å². The van der Waals surface area contributed by atoms with E-state index in [1.54, 1.807) is 11.9 Å². The number of amides is 1. The molecular formula is C17H36N2O2. The van der Waals surface area contributed by atoms with E-state index in [1.807, 2.05) is 20.8 Å². The van der Waals surface area contributed by atoms with E-state index in [1.165, 1.54) is 38.5 Å². The van der Waals surface area contributed by atoms with Gasteiger partial charge in [0.05, 0.1) is 0 Å². The fourth-order valence-corrected chi connectivity index (χ4v) is 2.03. The lowest BCUT2D eigenvalue weighted by Crippen LogP contribution is -2.35. The highest BCUT2D eigenvalue weighted by molar-refractivity contribution is 5.67. The highest BCUT2D eigenvalue weighted by Crippen LogP contribution is 2.09. The van der Waals surface area contributed by atoms with Crippen molar-refractivity contribution in [3.63, 3.8) is 0 Å². The van der Waals surface area contributed by atoms with Gasteiger partial charge in [-0.1, -0.05) is 39.0 Å². The fourth-order valence-electron chi connectivity index (χ4n) is 2.03. The van der Waals surface area contributed by atoms with Gasteiger partial charge in [-0.15, -0.1) is 0 Å². The molecule has 1 N–H and O–H groups in total. The lowest BCUT2D eigenvalue weighted by atomic mass is 10.1. The first-order valence-corrected chi connectivity index (χ1v) is 8.51. The predicted octanol–water partition coefficient (Wildman–Crippen LogP) is 4.19. The van der Waals surface area contributed by atoms with E-state index in [-0.39, 0.29) is 6.09 Å². The zero-order valence-electron chi connectivity index (χ0n) is 14.8. The summed E-state index contributed by atoms with van der Waals surface area (Å²) in [4.78, 5) is 13.4. The number of hydrogen-bond donors (Lipinski definition) is 1. The van der Waals surface area contributed by atoms with Crippen LogP contribution in [-0.4, -0.2) is 43.3 Å². The molecule has 0 fully saturated rings. The molecule has 4 heteroatoms. The molecule has 0 aliphatic carbocycles. The van der Waals surface area contributed by atoms with Crippen molar-refractivity contribution in [2.75, 3.05) is 26.7 Å². The van der Waals surface area contributed by atoms with Crippen LogP contribution in [0.1, 0.15) is 72.6 Å². The van der Waals surface area contributed by atoms with E-state index < -0.39 is 5.60 Å². The Morgan fingerprint density at radius 2 is 1.57 bits per heavy atom. The quantitative estimate of drug-likeness (QED) is 0.582. The maximum Gasteiger partial charge on any atom is 0.410 e. The van der Waals surface area contributed by atoms with E-state index in [9.17, 15) is 4.79 Å². The van der Waals surface area contributed by atoms with Crippen LogP contribution in [0.5, 0.6) is 0 Å². The molecule has 4 nitrogen and oxygen atoms in total. The molecule has 21 heavy (non-hydrogen) atoms. The Hall–Kier alpha value is -0.770. The van der Waals surface area contributed by atoms with Gasteiger partial charge < -0.3 is 15.0 Å². The first kappa shape index (κ1) is 20.2. The Balaban J connectivity index is 3.40. The molecule has 126 valence electrons. The summed E-state index contributed by atoms with van der Waals surface area (Å²) in [6, 6.07) is 0. The largest absolute Gasteiger partial charge is 0.444 e. The van der Waals surface area contributed by atoms with Crippen LogP contribution in [0, 0.1) is 0 Å². The Morgan fingerprint density at radius 1 is 1.00 bits per heavy atom. The molecule has 0 saturated heterocycles. The summed E-state index contributed by atoms with van der Waals surface area (Å²) < 4.78 is 5.31. The van der Waals surface area contributed by atoms with Gasteiger partial charge in [-0.3, -0.25) is 0 Å². The van der Waals surface area contributed by atoms with E-state index in [0.29, 0.717) is 0 Å². The molecule has 0 radical (unpaired) electrons. The van der Waals surface area contributed by atoms with Gasteiger partial charge in [-0.2, -0.15) is 0 Å². The third-order valence-electron chi connectivity index (χ3n) is 3.26. The lowest BCUT2D eigenvalue weighted by Gasteiger charge is -2.24. The molecule has 0 rings (SSSR count). The molecule has 0 aliphatic heterocycles. The van der Waals surface area contributed by atoms with Gasteiger partial charge in [0.15, 0.2) is 0 Å². The summed E-state index contributed by atoms with van der Waals surface area (Å²) in [5.74, 6) is 0. The first-order valence-electron chi connectivity index (χ1n) is 8.51. The number of nitrogens with one attached hydrogen (secondary N) is 1. The second kappa shape index (κ2) is 11.8. The van der Waals surface area contributed by atoms with Gasteiger partial charge in [0.2, 0.25) is 0 Å². The molecule has 0 spiro atoms. The minimum Gasteiger partial charge on any atom is -0.444 e. The normalized spacial score (nSPS) is 11.5. The number of unbranched alkanes of at least 4 members (excludes halogenated alkanes) is 5. The first-order chi connectivity index (χ1) is 9.87. The number of hydrogen-bond acceptors (Lipinski definition) is 3. The van der Waals surface area contributed by atoms with Crippen molar-refractivity contribution in [2.45, 2.75) is 78.2 Å². The van der Waals surface area contributed by atoms with Crippen molar-refractivity contribution >= 4 is 6.09 Å². The molecule has 0 unspecified atom stereocenters.